The molecule has 2 unspecified atom stereocenters. The van der Waals surface area contributed by atoms with E-state index in [0.717, 1.165) is 19.3 Å². The van der Waals surface area contributed by atoms with Crippen LogP contribution in [0.4, 0.5) is 0 Å². The van der Waals surface area contributed by atoms with Crippen molar-refractivity contribution in [3.8, 4) is 10.6 Å². The lowest BCUT2D eigenvalue weighted by atomic mass is 9.90. The molecule has 2 N–H and O–H groups in total. The molecule has 0 radical (unpaired) electrons. The van der Waals surface area contributed by atoms with E-state index in [1.807, 2.05) is 11.3 Å². The van der Waals surface area contributed by atoms with Gasteiger partial charge in [-0.1, -0.05) is 92.4 Å². The molecule has 2 aliphatic rings. The largest absolute Gasteiger partial charge is 0.359 e. The van der Waals surface area contributed by atoms with E-state index in [9.17, 15) is 0 Å². The molecular formula is C42H39N3S. The number of allylic oxidation sites excluding steroid dienone is 2. The number of benzene rings is 4. The highest BCUT2D eigenvalue weighted by atomic mass is 32.1. The first-order valence-corrected chi connectivity index (χ1v) is 17.3. The summed E-state index contributed by atoms with van der Waals surface area (Å²) < 4.78 is 2.54. The van der Waals surface area contributed by atoms with Crippen LogP contribution in [0.15, 0.2) is 97.7 Å². The summed E-state index contributed by atoms with van der Waals surface area (Å²) in [5.74, 6) is 0. The molecule has 0 saturated carbocycles. The average molecular weight is 618 g/mol. The van der Waals surface area contributed by atoms with E-state index in [-0.39, 0.29) is 12.3 Å². The van der Waals surface area contributed by atoms with E-state index in [4.69, 9.17) is 0 Å². The summed E-state index contributed by atoms with van der Waals surface area (Å²) in [6.45, 7) is 10.7. The summed E-state index contributed by atoms with van der Waals surface area (Å²) >= 11 is 1.91. The van der Waals surface area contributed by atoms with Crippen molar-refractivity contribution in [3.63, 3.8) is 0 Å². The molecule has 3 heterocycles. The van der Waals surface area contributed by atoms with Crippen molar-refractivity contribution in [1.29, 1.82) is 0 Å². The molecule has 0 fully saturated rings. The second-order valence-electron chi connectivity index (χ2n) is 12.3. The molecular weight excluding hydrogens is 579 g/mol. The zero-order valence-electron chi connectivity index (χ0n) is 26.7. The van der Waals surface area contributed by atoms with Crippen molar-refractivity contribution >= 4 is 61.9 Å². The van der Waals surface area contributed by atoms with Crippen molar-refractivity contribution < 1.29 is 0 Å². The number of nitrogens with one attached hydrogen (secondary N) is 2. The highest BCUT2D eigenvalue weighted by Crippen LogP contribution is 2.48. The summed E-state index contributed by atoms with van der Waals surface area (Å²) in [5.41, 5.74) is 9.58. The summed E-state index contributed by atoms with van der Waals surface area (Å²) in [6, 6.07) is 24.7. The first-order chi connectivity index (χ1) is 22.7. The Labute approximate surface area is 275 Å². The van der Waals surface area contributed by atoms with Gasteiger partial charge in [-0.05, 0) is 124 Å². The van der Waals surface area contributed by atoms with E-state index in [1.165, 1.54) is 81.3 Å². The van der Waals surface area contributed by atoms with Crippen molar-refractivity contribution in [2.75, 3.05) is 0 Å². The van der Waals surface area contributed by atoms with Crippen LogP contribution >= 0.6 is 11.3 Å². The summed E-state index contributed by atoms with van der Waals surface area (Å²) in [7, 11) is 0. The molecule has 0 amide bonds. The monoisotopic (exact) mass is 617 g/mol. The lowest BCUT2D eigenvalue weighted by Gasteiger charge is -2.33. The third kappa shape index (κ3) is 4.35. The van der Waals surface area contributed by atoms with Crippen molar-refractivity contribution in [2.24, 2.45) is 0 Å². The van der Waals surface area contributed by atoms with Crippen LogP contribution in [-0.2, 0) is 19.3 Å². The predicted octanol–water partition coefficient (Wildman–Crippen LogP) is 11.0. The van der Waals surface area contributed by atoms with Crippen LogP contribution in [-0.4, -0.2) is 4.57 Å². The number of rotatable bonds is 6. The van der Waals surface area contributed by atoms with Crippen LogP contribution in [0.2, 0.25) is 0 Å². The molecule has 6 aromatic rings. The number of aromatic nitrogens is 1. The second kappa shape index (κ2) is 11.6. The lowest BCUT2D eigenvalue weighted by molar-refractivity contribution is 0.328. The maximum atomic E-state index is 4.21. The molecule has 1 aliphatic carbocycles. The van der Waals surface area contributed by atoms with Gasteiger partial charge >= 0.3 is 0 Å². The number of thiophene rings is 1. The van der Waals surface area contributed by atoms with Crippen LogP contribution < -0.4 is 10.6 Å². The Morgan fingerprint density at radius 2 is 1.50 bits per heavy atom. The van der Waals surface area contributed by atoms with Gasteiger partial charge < -0.3 is 9.88 Å². The summed E-state index contributed by atoms with van der Waals surface area (Å²) in [5, 5.41) is 15.5. The van der Waals surface area contributed by atoms with Gasteiger partial charge in [0.2, 0.25) is 0 Å². The van der Waals surface area contributed by atoms with Gasteiger partial charge in [0, 0.05) is 10.6 Å². The number of nitrogens with zero attached hydrogens (tertiary/aromatic N) is 1. The Balaban J connectivity index is 1.27. The quantitative estimate of drug-likeness (QED) is 0.182. The van der Waals surface area contributed by atoms with Gasteiger partial charge in [0.05, 0.1) is 16.6 Å². The van der Waals surface area contributed by atoms with E-state index < -0.39 is 0 Å². The molecule has 8 rings (SSSR count). The third-order valence-electron chi connectivity index (χ3n) is 9.84. The van der Waals surface area contributed by atoms with Crippen LogP contribution in [0.25, 0.3) is 61.1 Å². The molecule has 46 heavy (non-hydrogen) atoms. The molecule has 0 saturated heterocycles. The average Bonchev–Trinajstić information content (AvgIpc) is 3.62. The normalized spacial score (nSPS) is 17.7. The van der Waals surface area contributed by atoms with Crippen molar-refractivity contribution in [2.45, 2.75) is 52.4 Å². The maximum absolute atomic E-state index is 4.21. The van der Waals surface area contributed by atoms with Crippen molar-refractivity contribution in [1.82, 2.24) is 15.2 Å². The summed E-state index contributed by atoms with van der Waals surface area (Å²) in [6.07, 6.45) is 18.3. The van der Waals surface area contributed by atoms with E-state index in [0.29, 0.717) is 0 Å². The fourth-order valence-electron chi connectivity index (χ4n) is 7.90. The topological polar surface area (TPSA) is 29.0 Å². The highest BCUT2D eigenvalue weighted by Gasteiger charge is 2.33. The number of fused-ring (bicyclic) bond motifs is 9. The van der Waals surface area contributed by atoms with Gasteiger partial charge in [0.25, 0.3) is 0 Å². The standard InChI is InChI=1S/C42H39N3S/c1-5-13-38-27(7-3)34-21-22-35-28(8-4)39(14-6-2)46-41(35)40(34)45(38)42-43-24-23-37(44-42)26-19-20-33-31-17-10-9-15-29(31)30-16-11-12-18-32(30)36(33)25-26/h5-6,8-20,23-25,37,42-44H,4,7,21-22H2,1-3H3/b13-5-,14-6-. The predicted molar refractivity (Wildman–Crippen MR) is 200 cm³/mol. The first-order valence-electron chi connectivity index (χ1n) is 16.5. The molecule has 0 bridgehead atoms. The maximum Gasteiger partial charge on any atom is 0.160 e. The minimum absolute atomic E-state index is 0.0520. The van der Waals surface area contributed by atoms with Gasteiger partial charge in [0.1, 0.15) is 0 Å². The number of hydrogen-bond donors (Lipinski definition) is 2. The SMILES string of the molecule is C=Cc1c(/C=C\C)sc2c1CCc1c(CC)c(/C=C\C)n(C3NC=CC(c4ccc5c6ccccc6c6ccccc6c5c4)N3)c1-2. The Hall–Kier alpha value is -4.64. The molecule has 4 aromatic carbocycles. The number of hydrogen-bond acceptors (Lipinski definition) is 3. The second-order valence-corrected chi connectivity index (χ2v) is 13.3. The molecule has 4 heteroatoms. The van der Waals surface area contributed by atoms with E-state index in [2.05, 4.69) is 152 Å². The van der Waals surface area contributed by atoms with Crippen molar-refractivity contribution in [3.05, 3.63) is 136 Å². The smallest absolute Gasteiger partial charge is 0.160 e. The van der Waals surface area contributed by atoms with E-state index in [1.54, 1.807) is 0 Å². The molecule has 1 aliphatic heterocycles. The Morgan fingerprint density at radius 1 is 0.848 bits per heavy atom. The van der Waals surface area contributed by atoms with Gasteiger partial charge in [-0.25, -0.2) is 0 Å². The van der Waals surface area contributed by atoms with Gasteiger partial charge in [-0.2, -0.15) is 0 Å². The van der Waals surface area contributed by atoms with Crippen LogP contribution in [0.3, 0.4) is 0 Å². The van der Waals surface area contributed by atoms with Gasteiger partial charge in [-0.15, -0.1) is 11.3 Å². The van der Waals surface area contributed by atoms with Gasteiger partial charge in [0.15, 0.2) is 6.29 Å². The Morgan fingerprint density at radius 3 is 2.15 bits per heavy atom. The molecule has 2 aromatic heterocycles. The molecule has 0 spiro atoms. The minimum Gasteiger partial charge on any atom is -0.359 e. The fraction of sp³-hybridized carbons (Fsp3) is 0.190. The van der Waals surface area contributed by atoms with E-state index >= 15 is 0 Å². The Bertz CT molecular complexity index is 2220. The fourth-order valence-corrected chi connectivity index (χ4v) is 9.30. The lowest BCUT2D eigenvalue weighted by Crippen LogP contribution is -2.41. The molecule has 3 nitrogen and oxygen atoms in total. The van der Waals surface area contributed by atoms with Crippen LogP contribution in [0.1, 0.15) is 71.5 Å². The Kier molecular flexibility index (Phi) is 7.28. The summed E-state index contributed by atoms with van der Waals surface area (Å²) in [4.78, 5) is 2.68. The van der Waals surface area contributed by atoms with Crippen LogP contribution in [0, 0.1) is 0 Å². The van der Waals surface area contributed by atoms with Crippen LogP contribution in [0.5, 0.6) is 0 Å². The zero-order valence-corrected chi connectivity index (χ0v) is 27.5. The first kappa shape index (κ1) is 28.8. The zero-order chi connectivity index (χ0) is 31.4. The molecule has 228 valence electrons. The highest BCUT2D eigenvalue weighted by molar-refractivity contribution is 7.16. The molecule has 2 atom stereocenters. The third-order valence-corrected chi connectivity index (χ3v) is 11.1. The van der Waals surface area contributed by atoms with Gasteiger partial charge in [-0.3, -0.25) is 5.32 Å². The minimum atomic E-state index is -0.107.